The number of carbonyl (C=O) groups excluding carboxylic acids is 1. The average molecular weight is 393 g/mol. The molecule has 7 heteroatoms. The van der Waals surface area contributed by atoms with Gasteiger partial charge in [-0.2, -0.15) is 0 Å². The molecule has 0 aliphatic heterocycles. The quantitative estimate of drug-likeness (QED) is 0.722. The Hall–Kier alpha value is -1.51. The number of ether oxygens (including phenoxy) is 2. The van der Waals surface area contributed by atoms with Crippen molar-refractivity contribution < 1.29 is 24.2 Å². The third kappa shape index (κ3) is 3.75. The second kappa shape index (κ2) is 7.32. The molecule has 20 heavy (non-hydrogen) atoms. The van der Waals surface area contributed by atoms with Gasteiger partial charge in [-0.25, -0.2) is 4.79 Å². The third-order valence-corrected chi connectivity index (χ3v) is 3.62. The van der Waals surface area contributed by atoms with E-state index in [-0.39, 0.29) is 0 Å². The molecule has 1 unspecified atom stereocenters. The van der Waals surface area contributed by atoms with E-state index in [4.69, 9.17) is 14.6 Å². The maximum atomic E-state index is 12.1. The predicted octanol–water partition coefficient (Wildman–Crippen LogP) is 1.90. The molecule has 0 aliphatic carbocycles. The van der Waals surface area contributed by atoms with E-state index < -0.39 is 17.9 Å². The highest BCUT2D eigenvalue weighted by Crippen LogP contribution is 2.31. The topological polar surface area (TPSA) is 84.9 Å². The summed E-state index contributed by atoms with van der Waals surface area (Å²) >= 11 is 1.99. The van der Waals surface area contributed by atoms with Gasteiger partial charge in [0, 0.05) is 3.57 Å². The molecule has 0 fully saturated rings. The van der Waals surface area contributed by atoms with Crippen LogP contribution >= 0.6 is 22.6 Å². The Morgan fingerprint density at radius 2 is 1.85 bits per heavy atom. The Morgan fingerprint density at radius 3 is 2.30 bits per heavy atom. The largest absolute Gasteiger partial charge is 0.493 e. The number of halogens is 1. The number of nitrogens with one attached hydrogen (secondary N) is 1. The van der Waals surface area contributed by atoms with Crippen LogP contribution in [0.4, 0.5) is 0 Å². The zero-order valence-corrected chi connectivity index (χ0v) is 13.6. The Balaban J connectivity index is 3.07. The smallest absolute Gasteiger partial charge is 0.326 e. The van der Waals surface area contributed by atoms with Crippen molar-refractivity contribution >= 4 is 34.5 Å². The lowest BCUT2D eigenvalue weighted by molar-refractivity contribution is -0.139. The van der Waals surface area contributed by atoms with Crippen molar-refractivity contribution in [2.24, 2.45) is 0 Å². The number of rotatable bonds is 6. The fourth-order valence-corrected chi connectivity index (χ4v) is 2.29. The van der Waals surface area contributed by atoms with E-state index in [1.165, 1.54) is 20.3 Å². The molecule has 1 amide bonds. The molecule has 0 bridgehead atoms. The summed E-state index contributed by atoms with van der Waals surface area (Å²) in [6, 6.07) is 2.28. The van der Waals surface area contributed by atoms with Crippen LogP contribution in [0.3, 0.4) is 0 Å². The van der Waals surface area contributed by atoms with Gasteiger partial charge in [-0.15, -0.1) is 0 Å². The number of carboxylic acid groups (broad SMARTS) is 1. The number of hydrogen-bond acceptors (Lipinski definition) is 4. The lowest BCUT2D eigenvalue weighted by Crippen LogP contribution is -2.40. The molecular formula is C13H16INO5. The average Bonchev–Trinajstić information content (AvgIpc) is 2.43. The Morgan fingerprint density at radius 1 is 1.30 bits per heavy atom. The second-order valence-corrected chi connectivity index (χ2v) is 5.12. The molecule has 2 N–H and O–H groups in total. The predicted molar refractivity (Wildman–Crippen MR) is 81.4 cm³/mol. The molecule has 1 rings (SSSR count). The molecule has 110 valence electrons. The van der Waals surface area contributed by atoms with Crippen molar-refractivity contribution in [1.82, 2.24) is 5.32 Å². The van der Waals surface area contributed by atoms with Crippen LogP contribution in [0.15, 0.2) is 12.1 Å². The highest BCUT2D eigenvalue weighted by molar-refractivity contribution is 14.1. The second-order valence-electron chi connectivity index (χ2n) is 3.96. The van der Waals surface area contributed by atoms with Crippen molar-refractivity contribution in [1.29, 1.82) is 0 Å². The van der Waals surface area contributed by atoms with Crippen molar-refractivity contribution in [3.8, 4) is 11.5 Å². The first-order valence-electron chi connectivity index (χ1n) is 5.89. The van der Waals surface area contributed by atoms with Crippen LogP contribution in [0.5, 0.6) is 11.5 Å². The molecule has 0 heterocycles. The summed E-state index contributed by atoms with van der Waals surface area (Å²) in [6.45, 7) is 1.69. The molecule has 0 radical (unpaired) electrons. The first-order chi connectivity index (χ1) is 9.44. The Kier molecular flexibility index (Phi) is 6.05. The number of amides is 1. The highest BCUT2D eigenvalue weighted by atomic mass is 127. The molecule has 0 saturated carbocycles. The normalized spacial score (nSPS) is 11.6. The van der Waals surface area contributed by atoms with Crippen LogP contribution in [0, 0.1) is 3.57 Å². The summed E-state index contributed by atoms with van der Waals surface area (Å²) in [4.78, 5) is 23.1. The standard InChI is InChI=1S/C13H16INO5/c1-4-9(13(17)18)15-12(16)7-5-10(19-2)11(20-3)6-8(7)14/h5-6,9H,4H2,1-3H3,(H,15,16)(H,17,18). The van der Waals surface area contributed by atoms with Crippen LogP contribution in [0.1, 0.15) is 23.7 Å². The van der Waals surface area contributed by atoms with Gasteiger partial charge in [0.15, 0.2) is 11.5 Å². The zero-order chi connectivity index (χ0) is 15.3. The molecule has 0 aliphatic rings. The van der Waals surface area contributed by atoms with E-state index in [2.05, 4.69) is 5.32 Å². The Labute approximate surface area is 130 Å². The van der Waals surface area contributed by atoms with Gasteiger partial charge in [-0.05, 0) is 41.1 Å². The number of hydrogen-bond donors (Lipinski definition) is 2. The fraction of sp³-hybridized carbons (Fsp3) is 0.385. The maximum absolute atomic E-state index is 12.1. The van der Waals surface area contributed by atoms with E-state index >= 15 is 0 Å². The van der Waals surface area contributed by atoms with Gasteiger partial charge in [0.2, 0.25) is 0 Å². The summed E-state index contributed by atoms with van der Waals surface area (Å²) in [6.07, 6.45) is 0.310. The molecule has 1 atom stereocenters. The zero-order valence-electron chi connectivity index (χ0n) is 11.4. The van der Waals surface area contributed by atoms with E-state index in [9.17, 15) is 9.59 Å². The van der Waals surface area contributed by atoms with Crippen LogP contribution < -0.4 is 14.8 Å². The molecule has 1 aromatic rings. The molecule has 0 spiro atoms. The van der Waals surface area contributed by atoms with Crippen molar-refractivity contribution in [3.63, 3.8) is 0 Å². The number of methoxy groups -OCH3 is 2. The van der Waals surface area contributed by atoms with Gasteiger partial charge in [-0.3, -0.25) is 4.79 Å². The fourth-order valence-electron chi connectivity index (χ4n) is 1.60. The van der Waals surface area contributed by atoms with Gasteiger partial charge in [0.05, 0.1) is 19.8 Å². The van der Waals surface area contributed by atoms with Gasteiger partial charge >= 0.3 is 5.97 Å². The number of carboxylic acids is 1. The SMILES string of the molecule is CCC(NC(=O)c1cc(OC)c(OC)cc1I)C(=O)O. The van der Waals surface area contributed by atoms with Crippen molar-refractivity contribution in [2.75, 3.05) is 14.2 Å². The summed E-state index contributed by atoms with van der Waals surface area (Å²) in [5.74, 6) is -0.582. The monoisotopic (exact) mass is 393 g/mol. The molecular weight excluding hydrogens is 377 g/mol. The maximum Gasteiger partial charge on any atom is 0.326 e. The van der Waals surface area contributed by atoms with E-state index in [1.54, 1.807) is 13.0 Å². The van der Waals surface area contributed by atoms with E-state index in [0.717, 1.165) is 0 Å². The lowest BCUT2D eigenvalue weighted by atomic mass is 10.1. The first-order valence-corrected chi connectivity index (χ1v) is 6.97. The Bertz CT molecular complexity index is 518. The number of aliphatic carboxylic acids is 1. The summed E-state index contributed by atoms with van der Waals surface area (Å²) in [5.41, 5.74) is 0.350. The molecule has 6 nitrogen and oxygen atoms in total. The van der Waals surface area contributed by atoms with Gasteiger partial charge in [-0.1, -0.05) is 6.92 Å². The van der Waals surface area contributed by atoms with Crippen molar-refractivity contribution in [3.05, 3.63) is 21.3 Å². The molecule has 0 aromatic heterocycles. The summed E-state index contributed by atoms with van der Waals surface area (Å²) in [7, 11) is 2.98. The van der Waals surface area contributed by atoms with Crippen LogP contribution in [-0.4, -0.2) is 37.2 Å². The minimum absolute atomic E-state index is 0.310. The minimum Gasteiger partial charge on any atom is -0.493 e. The first kappa shape index (κ1) is 16.5. The van der Waals surface area contributed by atoms with Crippen molar-refractivity contribution in [2.45, 2.75) is 19.4 Å². The highest BCUT2D eigenvalue weighted by Gasteiger charge is 2.21. The van der Waals surface area contributed by atoms with Gasteiger partial charge in [0.25, 0.3) is 5.91 Å². The number of benzene rings is 1. The molecule has 1 aromatic carbocycles. The van der Waals surface area contributed by atoms with E-state index in [0.29, 0.717) is 27.1 Å². The summed E-state index contributed by atoms with van der Waals surface area (Å²) in [5, 5.41) is 11.4. The van der Waals surface area contributed by atoms with Crippen LogP contribution in [0.25, 0.3) is 0 Å². The molecule has 0 saturated heterocycles. The van der Waals surface area contributed by atoms with Gasteiger partial charge in [0.1, 0.15) is 6.04 Å². The van der Waals surface area contributed by atoms with E-state index in [1.807, 2.05) is 22.6 Å². The number of carbonyl (C=O) groups is 2. The van der Waals surface area contributed by atoms with Crippen LogP contribution in [-0.2, 0) is 4.79 Å². The van der Waals surface area contributed by atoms with Gasteiger partial charge < -0.3 is 19.9 Å². The minimum atomic E-state index is -1.06. The lowest BCUT2D eigenvalue weighted by Gasteiger charge is -2.15. The third-order valence-electron chi connectivity index (χ3n) is 2.73. The van der Waals surface area contributed by atoms with Crippen LogP contribution in [0.2, 0.25) is 0 Å². The summed E-state index contributed by atoms with van der Waals surface area (Å²) < 4.78 is 10.9.